The number of hydrogen-bond donors (Lipinski definition) is 1. The molecule has 0 unspecified atom stereocenters. The van der Waals surface area contributed by atoms with Gasteiger partial charge in [0.25, 0.3) is 5.91 Å². The molecule has 2 aromatic heterocycles. The number of nitrogens with zero attached hydrogens (tertiary/aromatic N) is 2. The van der Waals surface area contributed by atoms with Crippen LogP contribution in [0.25, 0.3) is 10.6 Å². The van der Waals surface area contributed by atoms with E-state index in [0.717, 1.165) is 29.3 Å². The molecule has 1 amide bonds. The van der Waals surface area contributed by atoms with E-state index in [4.69, 9.17) is 0 Å². The van der Waals surface area contributed by atoms with E-state index < -0.39 is 29.2 Å². The Kier molecular flexibility index (Phi) is 5.56. The van der Waals surface area contributed by atoms with Crippen molar-refractivity contribution in [1.29, 1.82) is 0 Å². The first-order valence-electron chi connectivity index (χ1n) is 8.30. The van der Waals surface area contributed by atoms with Crippen LogP contribution < -0.4 is 10.1 Å². The van der Waals surface area contributed by atoms with Crippen molar-refractivity contribution in [3.8, 4) is 16.3 Å². The summed E-state index contributed by atoms with van der Waals surface area (Å²) in [5.74, 6) is -3.18. The number of halogens is 4. The molecule has 1 N–H and O–H groups in total. The molecular formula is C19H15F4N3O2S. The Hall–Kier alpha value is -3.01. The Morgan fingerprint density at radius 2 is 1.76 bits per heavy atom. The summed E-state index contributed by atoms with van der Waals surface area (Å²) in [7, 11) is 0. The highest BCUT2D eigenvalue weighted by Gasteiger charge is 2.25. The Bertz CT molecular complexity index is 1060. The third kappa shape index (κ3) is 4.70. The fourth-order valence-corrected chi connectivity index (χ4v) is 3.52. The van der Waals surface area contributed by atoms with Crippen LogP contribution in [0.4, 0.5) is 22.6 Å². The smallest absolute Gasteiger partial charge is 0.394 e. The van der Waals surface area contributed by atoms with Crippen LogP contribution in [0, 0.1) is 25.5 Å². The zero-order valence-electron chi connectivity index (χ0n) is 15.5. The number of aryl methyl sites for hydroxylation is 2. The number of thiazole rings is 1. The lowest BCUT2D eigenvalue weighted by Crippen LogP contribution is -2.19. The zero-order valence-corrected chi connectivity index (χ0v) is 16.3. The van der Waals surface area contributed by atoms with Gasteiger partial charge >= 0.3 is 6.11 Å². The number of benzene rings is 1. The van der Waals surface area contributed by atoms with E-state index in [9.17, 15) is 22.4 Å². The van der Waals surface area contributed by atoms with E-state index in [1.165, 1.54) is 12.3 Å². The summed E-state index contributed by atoms with van der Waals surface area (Å²) >= 11 is 1.02. The lowest BCUT2D eigenvalue weighted by molar-refractivity contribution is -0.159. The maximum Gasteiger partial charge on any atom is 0.394 e. The van der Waals surface area contributed by atoms with Crippen LogP contribution in [0.1, 0.15) is 28.4 Å². The summed E-state index contributed by atoms with van der Waals surface area (Å²) in [6.45, 7) is 4.06. The molecule has 29 heavy (non-hydrogen) atoms. The van der Waals surface area contributed by atoms with Crippen LogP contribution >= 0.6 is 11.3 Å². The number of aromatic nitrogens is 2. The molecule has 2 heterocycles. The van der Waals surface area contributed by atoms with Crippen LogP contribution in [0.5, 0.6) is 5.75 Å². The molecule has 10 heteroatoms. The number of nitrogens with one attached hydrogen (secondary N) is 1. The molecule has 0 fully saturated rings. The van der Waals surface area contributed by atoms with Gasteiger partial charge in [-0.1, -0.05) is 17.4 Å². The lowest BCUT2D eigenvalue weighted by atomic mass is 10.1. The number of anilines is 1. The minimum absolute atomic E-state index is 0.000173. The molecule has 0 aliphatic heterocycles. The van der Waals surface area contributed by atoms with Gasteiger partial charge in [0.15, 0.2) is 11.6 Å². The van der Waals surface area contributed by atoms with E-state index in [1.54, 1.807) is 19.9 Å². The number of carbonyl (C=O) groups excluding carboxylic acids is 1. The first-order chi connectivity index (χ1) is 13.5. The summed E-state index contributed by atoms with van der Waals surface area (Å²) < 4.78 is 58.6. The summed E-state index contributed by atoms with van der Waals surface area (Å²) in [4.78, 5) is 19.7. The maximum atomic E-state index is 13.7. The van der Waals surface area contributed by atoms with Crippen molar-refractivity contribution in [3.05, 3.63) is 59.0 Å². The number of hydrogen-bond acceptors (Lipinski definition) is 5. The SMILES string of the molecule is Cc1cc(C)c(-c2ncc(NC(=O)c3c(F)cncc3F)s2)cc1OC(C)(F)F. The second kappa shape index (κ2) is 7.78. The van der Waals surface area contributed by atoms with Gasteiger partial charge in [-0.3, -0.25) is 9.78 Å². The van der Waals surface area contributed by atoms with Gasteiger partial charge < -0.3 is 10.1 Å². The van der Waals surface area contributed by atoms with Crippen molar-refractivity contribution in [2.75, 3.05) is 5.32 Å². The Balaban J connectivity index is 1.88. The second-order valence-corrected chi connectivity index (χ2v) is 7.34. The minimum Gasteiger partial charge on any atom is -0.432 e. The highest BCUT2D eigenvalue weighted by atomic mass is 32.1. The summed E-state index contributed by atoms with van der Waals surface area (Å²) in [6.07, 6.45) is -0.575. The topological polar surface area (TPSA) is 64.1 Å². The maximum absolute atomic E-state index is 13.7. The second-order valence-electron chi connectivity index (χ2n) is 6.30. The molecule has 1 aromatic carbocycles. The van der Waals surface area contributed by atoms with Crippen LogP contribution in [-0.2, 0) is 0 Å². The van der Waals surface area contributed by atoms with Gasteiger partial charge in [-0.05, 0) is 31.0 Å². The fraction of sp³-hybridized carbons (Fsp3) is 0.211. The predicted molar refractivity (Wildman–Crippen MR) is 100 cm³/mol. The highest BCUT2D eigenvalue weighted by molar-refractivity contribution is 7.19. The number of ether oxygens (including phenoxy) is 1. The van der Waals surface area contributed by atoms with Gasteiger partial charge in [0.2, 0.25) is 0 Å². The Morgan fingerprint density at radius 1 is 1.10 bits per heavy atom. The summed E-state index contributed by atoms with van der Waals surface area (Å²) in [5, 5.41) is 3.01. The first-order valence-corrected chi connectivity index (χ1v) is 9.11. The number of alkyl halides is 2. The predicted octanol–water partition coefficient (Wildman–Crippen LogP) is 5.34. The van der Waals surface area contributed by atoms with Gasteiger partial charge in [0.1, 0.15) is 21.3 Å². The van der Waals surface area contributed by atoms with Gasteiger partial charge in [0, 0.05) is 12.5 Å². The lowest BCUT2D eigenvalue weighted by Gasteiger charge is -2.16. The molecular weight excluding hydrogens is 410 g/mol. The number of pyridine rings is 1. The average molecular weight is 425 g/mol. The van der Waals surface area contributed by atoms with Crippen LogP contribution in [0.3, 0.4) is 0 Å². The van der Waals surface area contributed by atoms with Gasteiger partial charge in [-0.25, -0.2) is 13.8 Å². The fourth-order valence-electron chi connectivity index (χ4n) is 2.62. The molecule has 0 radical (unpaired) electrons. The minimum atomic E-state index is -3.35. The molecule has 0 aliphatic rings. The van der Waals surface area contributed by atoms with Crippen molar-refractivity contribution in [2.45, 2.75) is 26.9 Å². The zero-order chi connectivity index (χ0) is 21.3. The first kappa shape index (κ1) is 20.7. The van der Waals surface area contributed by atoms with E-state index in [1.807, 2.05) is 0 Å². The molecule has 0 saturated carbocycles. The molecule has 5 nitrogen and oxygen atoms in total. The van der Waals surface area contributed by atoms with Crippen LogP contribution in [0.2, 0.25) is 0 Å². The number of carbonyl (C=O) groups is 1. The van der Waals surface area contributed by atoms with Crippen molar-refractivity contribution < 1.29 is 27.1 Å². The van der Waals surface area contributed by atoms with Gasteiger partial charge in [0.05, 0.1) is 18.6 Å². The van der Waals surface area contributed by atoms with Gasteiger partial charge in [-0.2, -0.15) is 8.78 Å². The average Bonchev–Trinajstić information content (AvgIpc) is 3.04. The Labute approximate surface area is 167 Å². The molecule has 3 rings (SSSR count). The summed E-state index contributed by atoms with van der Waals surface area (Å²) in [5.41, 5.74) is 1.05. The molecule has 0 bridgehead atoms. The molecule has 152 valence electrons. The number of amides is 1. The van der Waals surface area contributed by atoms with Crippen LogP contribution in [0.15, 0.2) is 30.7 Å². The number of rotatable bonds is 5. The van der Waals surface area contributed by atoms with Crippen molar-refractivity contribution >= 4 is 22.2 Å². The highest BCUT2D eigenvalue weighted by Crippen LogP contribution is 2.36. The Morgan fingerprint density at radius 3 is 2.38 bits per heavy atom. The quantitative estimate of drug-likeness (QED) is 0.560. The van der Waals surface area contributed by atoms with Crippen LogP contribution in [-0.4, -0.2) is 22.0 Å². The molecule has 3 aromatic rings. The third-order valence-electron chi connectivity index (χ3n) is 3.86. The normalized spacial score (nSPS) is 11.4. The van der Waals surface area contributed by atoms with Crippen molar-refractivity contribution in [2.24, 2.45) is 0 Å². The van der Waals surface area contributed by atoms with Crippen molar-refractivity contribution in [3.63, 3.8) is 0 Å². The van der Waals surface area contributed by atoms with E-state index in [-0.39, 0.29) is 10.8 Å². The summed E-state index contributed by atoms with van der Waals surface area (Å²) in [6, 6.07) is 3.12. The van der Waals surface area contributed by atoms with Crippen molar-refractivity contribution in [1.82, 2.24) is 9.97 Å². The monoisotopic (exact) mass is 425 g/mol. The van der Waals surface area contributed by atoms with Gasteiger partial charge in [-0.15, -0.1) is 0 Å². The van der Waals surface area contributed by atoms with E-state index in [2.05, 4.69) is 20.0 Å². The van der Waals surface area contributed by atoms with E-state index >= 15 is 0 Å². The van der Waals surface area contributed by atoms with E-state index in [0.29, 0.717) is 23.1 Å². The molecule has 0 aliphatic carbocycles. The largest absolute Gasteiger partial charge is 0.432 e. The molecule has 0 atom stereocenters. The molecule has 0 saturated heterocycles. The standard InChI is InChI=1S/C19H15F4N3O2S/c1-9-4-10(2)14(28-19(3,22)23)5-11(9)18-25-8-15(29-18)26-17(27)16-12(20)6-24-7-13(16)21/h4-8H,1-3H3,(H,26,27). The molecule has 0 spiro atoms. The third-order valence-corrected chi connectivity index (χ3v) is 4.81.